The van der Waals surface area contributed by atoms with Gasteiger partial charge in [-0.3, -0.25) is 4.79 Å². The zero-order valence-corrected chi connectivity index (χ0v) is 10.8. The van der Waals surface area contributed by atoms with E-state index in [2.05, 4.69) is 37.5 Å². The molecule has 0 aliphatic carbocycles. The molecule has 0 aromatic rings. The molecule has 1 aliphatic rings. The second kappa shape index (κ2) is 6.37. The summed E-state index contributed by atoms with van der Waals surface area (Å²) in [6.07, 6.45) is 2.18. The van der Waals surface area contributed by atoms with Gasteiger partial charge in [0.15, 0.2) is 0 Å². The van der Waals surface area contributed by atoms with Crippen molar-refractivity contribution in [3.63, 3.8) is 0 Å². The molecule has 0 spiro atoms. The summed E-state index contributed by atoms with van der Waals surface area (Å²) in [4.78, 5) is 13.8. The van der Waals surface area contributed by atoms with Crippen LogP contribution < -0.4 is 0 Å². The summed E-state index contributed by atoms with van der Waals surface area (Å²) < 4.78 is 0. The standard InChI is InChI=1S/C12H22N4O/c1-10(2)11-5-7-15(8-6-11)12(17)9-16(13-3)14-4/h10-11H,3-9H2,1-2H3. The molecule has 0 unspecified atom stereocenters. The van der Waals surface area contributed by atoms with E-state index in [1.165, 1.54) is 5.12 Å². The Kier molecular flexibility index (Phi) is 5.12. The average molecular weight is 238 g/mol. The smallest absolute Gasteiger partial charge is 0.246 e. The lowest BCUT2D eigenvalue weighted by Crippen LogP contribution is -2.43. The Morgan fingerprint density at radius 3 is 2.29 bits per heavy atom. The molecule has 1 aliphatic heterocycles. The number of hydrogen-bond donors (Lipinski definition) is 0. The van der Waals surface area contributed by atoms with Crippen molar-refractivity contribution in [2.75, 3.05) is 19.6 Å². The number of nitrogens with zero attached hydrogens (tertiary/aromatic N) is 4. The molecule has 1 rings (SSSR count). The Labute approximate surface area is 103 Å². The SMILES string of the molecule is C=NN(CC(=O)N1CCC(C(C)C)CC1)N=C. The van der Waals surface area contributed by atoms with Crippen LogP contribution in [0, 0.1) is 11.8 Å². The molecule has 5 heteroatoms. The van der Waals surface area contributed by atoms with Crippen LogP contribution in [0.2, 0.25) is 0 Å². The maximum atomic E-state index is 11.9. The predicted molar refractivity (Wildman–Crippen MR) is 69.9 cm³/mol. The van der Waals surface area contributed by atoms with Crippen LogP contribution in [0.3, 0.4) is 0 Å². The van der Waals surface area contributed by atoms with Crippen molar-refractivity contribution in [2.45, 2.75) is 26.7 Å². The number of rotatable bonds is 5. The number of piperidine rings is 1. The largest absolute Gasteiger partial charge is 0.341 e. The van der Waals surface area contributed by atoms with Crippen LogP contribution in [0.1, 0.15) is 26.7 Å². The van der Waals surface area contributed by atoms with Gasteiger partial charge in [0.1, 0.15) is 6.54 Å². The number of hydrazone groups is 2. The van der Waals surface area contributed by atoms with Gasteiger partial charge in [0.2, 0.25) is 5.91 Å². The van der Waals surface area contributed by atoms with Crippen molar-refractivity contribution < 1.29 is 4.79 Å². The highest BCUT2D eigenvalue weighted by Gasteiger charge is 2.25. The second-order valence-electron chi connectivity index (χ2n) is 4.78. The fraction of sp³-hybridized carbons (Fsp3) is 0.750. The first-order valence-corrected chi connectivity index (χ1v) is 6.07. The lowest BCUT2D eigenvalue weighted by atomic mass is 9.87. The van der Waals surface area contributed by atoms with Crippen LogP contribution in [-0.4, -0.2) is 49.0 Å². The Bertz CT molecular complexity index is 274. The first-order chi connectivity index (χ1) is 8.08. The van der Waals surface area contributed by atoms with Crippen LogP contribution in [0.4, 0.5) is 0 Å². The van der Waals surface area contributed by atoms with E-state index in [0.29, 0.717) is 5.92 Å². The van der Waals surface area contributed by atoms with Gasteiger partial charge in [-0.05, 0) is 24.7 Å². The van der Waals surface area contributed by atoms with Crippen molar-refractivity contribution >= 4 is 19.3 Å². The normalized spacial score (nSPS) is 17.0. The van der Waals surface area contributed by atoms with Gasteiger partial charge in [0.25, 0.3) is 0 Å². The highest BCUT2D eigenvalue weighted by molar-refractivity contribution is 5.78. The first-order valence-electron chi connectivity index (χ1n) is 6.07. The van der Waals surface area contributed by atoms with Crippen LogP contribution >= 0.6 is 0 Å². The van der Waals surface area contributed by atoms with Gasteiger partial charge in [0.05, 0.1) is 0 Å². The van der Waals surface area contributed by atoms with Gasteiger partial charge in [0, 0.05) is 26.5 Å². The van der Waals surface area contributed by atoms with Crippen molar-refractivity contribution in [1.82, 2.24) is 10.0 Å². The van der Waals surface area contributed by atoms with Gasteiger partial charge in [-0.15, -0.1) is 0 Å². The lowest BCUT2D eigenvalue weighted by molar-refractivity contribution is -0.134. The molecule has 0 aromatic heterocycles. The Morgan fingerprint density at radius 1 is 1.35 bits per heavy atom. The molecule has 0 bridgehead atoms. The van der Waals surface area contributed by atoms with E-state index in [1.54, 1.807) is 0 Å². The summed E-state index contributed by atoms with van der Waals surface area (Å²) in [5.41, 5.74) is 0. The molecule has 0 radical (unpaired) electrons. The van der Waals surface area contributed by atoms with Gasteiger partial charge in [-0.25, -0.2) is 0 Å². The molecule has 17 heavy (non-hydrogen) atoms. The highest BCUT2D eigenvalue weighted by atomic mass is 16.2. The van der Waals surface area contributed by atoms with E-state index in [1.807, 2.05) is 4.90 Å². The van der Waals surface area contributed by atoms with Crippen LogP contribution in [0.25, 0.3) is 0 Å². The molecule has 0 N–H and O–H groups in total. The van der Waals surface area contributed by atoms with Crippen molar-refractivity contribution in [2.24, 2.45) is 22.0 Å². The van der Waals surface area contributed by atoms with E-state index < -0.39 is 0 Å². The topological polar surface area (TPSA) is 48.3 Å². The average Bonchev–Trinajstić information content (AvgIpc) is 2.35. The summed E-state index contributed by atoms with van der Waals surface area (Å²) in [5.74, 6) is 1.49. The number of carbonyl (C=O) groups excluding carboxylic acids is 1. The minimum absolute atomic E-state index is 0.0482. The molecule has 1 amide bonds. The highest BCUT2D eigenvalue weighted by Crippen LogP contribution is 2.24. The lowest BCUT2D eigenvalue weighted by Gasteiger charge is -2.34. The van der Waals surface area contributed by atoms with E-state index in [4.69, 9.17) is 0 Å². The van der Waals surface area contributed by atoms with Crippen LogP contribution in [0.15, 0.2) is 10.2 Å². The number of amides is 1. The number of likely N-dealkylation sites (tertiary alicyclic amines) is 1. The number of carbonyl (C=O) groups is 1. The van der Waals surface area contributed by atoms with Crippen LogP contribution in [-0.2, 0) is 4.79 Å². The monoisotopic (exact) mass is 238 g/mol. The maximum absolute atomic E-state index is 11.9. The van der Waals surface area contributed by atoms with Crippen molar-refractivity contribution in [3.05, 3.63) is 0 Å². The van der Waals surface area contributed by atoms with Gasteiger partial charge >= 0.3 is 0 Å². The fourth-order valence-corrected chi connectivity index (χ4v) is 2.18. The van der Waals surface area contributed by atoms with E-state index in [0.717, 1.165) is 31.8 Å². The van der Waals surface area contributed by atoms with E-state index >= 15 is 0 Å². The van der Waals surface area contributed by atoms with Gasteiger partial charge in [-0.1, -0.05) is 13.8 Å². The second-order valence-corrected chi connectivity index (χ2v) is 4.78. The molecule has 0 aromatic carbocycles. The molecular weight excluding hydrogens is 216 g/mol. The fourth-order valence-electron chi connectivity index (χ4n) is 2.18. The van der Waals surface area contributed by atoms with E-state index in [-0.39, 0.29) is 12.5 Å². The molecule has 1 saturated heterocycles. The van der Waals surface area contributed by atoms with Crippen molar-refractivity contribution in [3.8, 4) is 0 Å². The molecule has 0 saturated carbocycles. The molecule has 5 nitrogen and oxygen atoms in total. The third-order valence-electron chi connectivity index (χ3n) is 3.44. The molecule has 96 valence electrons. The molecule has 0 atom stereocenters. The Morgan fingerprint density at radius 2 is 1.88 bits per heavy atom. The minimum Gasteiger partial charge on any atom is -0.341 e. The zero-order valence-electron chi connectivity index (χ0n) is 10.8. The summed E-state index contributed by atoms with van der Waals surface area (Å²) in [6.45, 7) is 13.0. The summed E-state index contributed by atoms with van der Waals surface area (Å²) in [6, 6.07) is 0. The minimum atomic E-state index is 0.0482. The van der Waals surface area contributed by atoms with Crippen molar-refractivity contribution in [1.29, 1.82) is 0 Å². The third kappa shape index (κ3) is 3.84. The number of hydrogen-bond acceptors (Lipinski definition) is 4. The van der Waals surface area contributed by atoms with Gasteiger partial charge < -0.3 is 4.90 Å². The predicted octanol–water partition coefficient (Wildman–Crippen LogP) is 1.41. The third-order valence-corrected chi connectivity index (χ3v) is 3.44. The van der Waals surface area contributed by atoms with Gasteiger partial charge in [-0.2, -0.15) is 15.3 Å². The summed E-state index contributed by atoms with van der Waals surface area (Å²) >= 11 is 0. The molecular formula is C12H22N4O. The summed E-state index contributed by atoms with van der Waals surface area (Å²) in [7, 11) is 0. The zero-order chi connectivity index (χ0) is 12.8. The molecule has 1 fully saturated rings. The summed E-state index contributed by atoms with van der Waals surface area (Å²) in [5, 5.41) is 8.40. The first kappa shape index (κ1) is 13.7. The molecule has 1 heterocycles. The van der Waals surface area contributed by atoms with Crippen LogP contribution in [0.5, 0.6) is 0 Å². The Balaban J connectivity index is 2.40. The Hall–Kier alpha value is -1.39. The maximum Gasteiger partial charge on any atom is 0.246 e. The quantitative estimate of drug-likeness (QED) is 0.537. The van der Waals surface area contributed by atoms with E-state index in [9.17, 15) is 4.79 Å².